The smallest absolute Gasteiger partial charge is 0.237 e. The summed E-state index contributed by atoms with van der Waals surface area (Å²) in [7, 11) is 0. The van der Waals surface area contributed by atoms with Gasteiger partial charge >= 0.3 is 0 Å². The summed E-state index contributed by atoms with van der Waals surface area (Å²) in [4.78, 5) is 7.78. The molecule has 1 aromatic heterocycles. The Balaban J connectivity index is 2.26. The summed E-state index contributed by atoms with van der Waals surface area (Å²) in [5, 5.41) is 0.148. The average molecular weight is 364 g/mol. The van der Waals surface area contributed by atoms with E-state index in [1.54, 1.807) is 6.20 Å². The fourth-order valence-corrected chi connectivity index (χ4v) is 1.68. The molecule has 0 aliphatic carbocycles. The molecule has 0 spiro atoms. The van der Waals surface area contributed by atoms with E-state index < -0.39 is 0 Å². The first kappa shape index (κ1) is 11.8. The van der Waals surface area contributed by atoms with E-state index in [0.717, 1.165) is 4.47 Å². The first-order valence-electron chi connectivity index (χ1n) is 4.26. The highest BCUT2D eigenvalue weighted by Crippen LogP contribution is 2.28. The van der Waals surface area contributed by atoms with Crippen molar-refractivity contribution in [1.82, 2.24) is 9.97 Å². The fraction of sp³-hybridized carbons (Fsp3) is 0. The monoisotopic (exact) mass is 362 g/mol. The van der Waals surface area contributed by atoms with Crippen LogP contribution in [0.5, 0.6) is 11.6 Å². The van der Waals surface area contributed by atoms with E-state index in [2.05, 4.69) is 41.8 Å². The molecule has 0 aliphatic heterocycles. The van der Waals surface area contributed by atoms with Crippen LogP contribution in [0, 0.1) is 0 Å². The Morgan fingerprint density at radius 1 is 1.12 bits per heavy atom. The normalized spacial score (nSPS) is 10.2. The average Bonchev–Trinajstić information content (AvgIpc) is 2.27. The zero-order chi connectivity index (χ0) is 11.5. The second-order valence-corrected chi connectivity index (χ2v) is 4.96. The quantitative estimate of drug-likeness (QED) is 0.739. The number of hydrogen-bond acceptors (Lipinski definition) is 3. The van der Waals surface area contributed by atoms with Gasteiger partial charge in [-0.15, -0.1) is 0 Å². The van der Waals surface area contributed by atoms with Crippen LogP contribution < -0.4 is 4.74 Å². The lowest BCUT2D eigenvalue weighted by atomic mass is 10.3. The van der Waals surface area contributed by atoms with Gasteiger partial charge in [-0.3, -0.25) is 0 Å². The van der Waals surface area contributed by atoms with Gasteiger partial charge in [-0.2, -0.15) is 4.98 Å². The van der Waals surface area contributed by atoms with Crippen LogP contribution in [0.15, 0.2) is 39.4 Å². The predicted octanol–water partition coefficient (Wildman–Crippen LogP) is 4.45. The first-order chi connectivity index (χ1) is 7.65. The summed E-state index contributed by atoms with van der Waals surface area (Å²) in [5.41, 5.74) is 0. The second-order valence-electron chi connectivity index (χ2n) is 2.85. The lowest BCUT2D eigenvalue weighted by Crippen LogP contribution is -1.91. The molecule has 1 aromatic carbocycles. The fourth-order valence-electron chi connectivity index (χ4n) is 1.02. The Morgan fingerprint density at radius 2 is 1.81 bits per heavy atom. The first-order valence-corrected chi connectivity index (χ1v) is 6.23. The molecule has 0 N–H and O–H groups in total. The van der Waals surface area contributed by atoms with Gasteiger partial charge in [-0.1, -0.05) is 15.9 Å². The van der Waals surface area contributed by atoms with Gasteiger partial charge in [-0.25, -0.2) is 4.98 Å². The Bertz CT molecular complexity index is 505. The number of halogens is 3. The van der Waals surface area contributed by atoms with Crippen LogP contribution in [0.3, 0.4) is 0 Å². The van der Waals surface area contributed by atoms with E-state index in [9.17, 15) is 0 Å². The summed E-state index contributed by atoms with van der Waals surface area (Å²) in [5.74, 6) is 1.07. The van der Waals surface area contributed by atoms with Crippen LogP contribution in [0.4, 0.5) is 0 Å². The van der Waals surface area contributed by atoms with E-state index in [1.165, 1.54) is 0 Å². The molecule has 0 saturated heterocycles. The molecular weight excluding hydrogens is 359 g/mol. The van der Waals surface area contributed by atoms with Crippen LogP contribution in [-0.4, -0.2) is 9.97 Å². The molecule has 3 nitrogen and oxygen atoms in total. The number of nitrogens with zero attached hydrogens (tertiary/aromatic N) is 2. The number of hydrogen-bond donors (Lipinski definition) is 0. The SMILES string of the molecule is Clc1ncc(Br)c(Oc2ccc(Br)cc2)n1. The van der Waals surface area contributed by atoms with E-state index in [1.807, 2.05) is 24.3 Å². The van der Waals surface area contributed by atoms with Gasteiger partial charge in [0.25, 0.3) is 0 Å². The molecule has 2 rings (SSSR count). The van der Waals surface area contributed by atoms with E-state index in [4.69, 9.17) is 16.3 Å². The Labute approximate surface area is 114 Å². The molecule has 16 heavy (non-hydrogen) atoms. The van der Waals surface area contributed by atoms with Crippen molar-refractivity contribution in [3.63, 3.8) is 0 Å². The molecule has 0 unspecified atom stereocenters. The third-order valence-electron chi connectivity index (χ3n) is 1.71. The molecule has 2 aromatic rings. The topological polar surface area (TPSA) is 35.0 Å². The van der Waals surface area contributed by atoms with Gasteiger partial charge in [0.1, 0.15) is 5.75 Å². The maximum atomic E-state index is 5.68. The van der Waals surface area contributed by atoms with Crippen molar-refractivity contribution in [3.05, 3.63) is 44.7 Å². The lowest BCUT2D eigenvalue weighted by Gasteiger charge is -2.06. The van der Waals surface area contributed by atoms with Crippen LogP contribution in [0.2, 0.25) is 5.28 Å². The molecule has 6 heteroatoms. The zero-order valence-corrected chi connectivity index (χ0v) is 11.8. The third-order valence-corrected chi connectivity index (χ3v) is 2.97. The summed E-state index contributed by atoms with van der Waals surface area (Å²) in [6, 6.07) is 7.41. The van der Waals surface area contributed by atoms with Crippen LogP contribution in [0.25, 0.3) is 0 Å². The third kappa shape index (κ3) is 2.93. The molecule has 0 atom stereocenters. The molecule has 0 bridgehead atoms. The van der Waals surface area contributed by atoms with Gasteiger partial charge < -0.3 is 4.74 Å². The Morgan fingerprint density at radius 3 is 2.50 bits per heavy atom. The highest BCUT2D eigenvalue weighted by Gasteiger charge is 2.06. The van der Waals surface area contributed by atoms with E-state index >= 15 is 0 Å². The van der Waals surface area contributed by atoms with Crippen LogP contribution >= 0.6 is 43.5 Å². The van der Waals surface area contributed by atoms with E-state index in [-0.39, 0.29) is 5.28 Å². The van der Waals surface area contributed by atoms with Crippen molar-refractivity contribution < 1.29 is 4.74 Å². The molecule has 1 heterocycles. The molecular formula is C10H5Br2ClN2O. The maximum absolute atomic E-state index is 5.68. The van der Waals surface area contributed by atoms with Crippen molar-refractivity contribution in [1.29, 1.82) is 0 Å². The Hall–Kier alpha value is -0.650. The molecule has 82 valence electrons. The summed E-state index contributed by atoms with van der Waals surface area (Å²) < 4.78 is 7.18. The number of aromatic nitrogens is 2. The van der Waals surface area contributed by atoms with Gasteiger partial charge in [0, 0.05) is 10.7 Å². The van der Waals surface area contributed by atoms with Gasteiger partial charge in [0.2, 0.25) is 11.2 Å². The highest BCUT2D eigenvalue weighted by atomic mass is 79.9. The van der Waals surface area contributed by atoms with Crippen LogP contribution in [0.1, 0.15) is 0 Å². The largest absolute Gasteiger partial charge is 0.438 e. The van der Waals surface area contributed by atoms with Crippen LogP contribution in [-0.2, 0) is 0 Å². The Kier molecular flexibility index (Phi) is 3.78. The van der Waals surface area contributed by atoms with E-state index in [0.29, 0.717) is 16.1 Å². The predicted molar refractivity (Wildman–Crippen MR) is 69.0 cm³/mol. The summed E-state index contributed by atoms with van der Waals surface area (Å²) >= 11 is 12.3. The minimum atomic E-state index is 0.148. The van der Waals surface area contributed by atoms with Crippen molar-refractivity contribution in [2.24, 2.45) is 0 Å². The summed E-state index contributed by atoms with van der Waals surface area (Å²) in [6.45, 7) is 0. The second kappa shape index (κ2) is 5.12. The highest BCUT2D eigenvalue weighted by molar-refractivity contribution is 9.10. The van der Waals surface area contributed by atoms with Crippen molar-refractivity contribution in [3.8, 4) is 11.6 Å². The lowest BCUT2D eigenvalue weighted by molar-refractivity contribution is 0.458. The van der Waals surface area contributed by atoms with Gasteiger partial charge in [0.05, 0.1) is 4.47 Å². The number of ether oxygens (including phenoxy) is 1. The number of rotatable bonds is 2. The van der Waals surface area contributed by atoms with Crippen molar-refractivity contribution in [2.45, 2.75) is 0 Å². The number of benzene rings is 1. The minimum absolute atomic E-state index is 0.148. The van der Waals surface area contributed by atoms with Crippen molar-refractivity contribution >= 4 is 43.5 Å². The molecule has 0 radical (unpaired) electrons. The zero-order valence-electron chi connectivity index (χ0n) is 7.82. The molecule has 0 amide bonds. The molecule has 0 aliphatic rings. The van der Waals surface area contributed by atoms with Gasteiger partial charge in [0.15, 0.2) is 0 Å². The molecule has 0 saturated carbocycles. The maximum Gasteiger partial charge on any atom is 0.237 e. The minimum Gasteiger partial charge on any atom is -0.438 e. The summed E-state index contributed by atoms with van der Waals surface area (Å²) in [6.07, 6.45) is 1.55. The molecule has 0 fully saturated rings. The van der Waals surface area contributed by atoms with Gasteiger partial charge in [-0.05, 0) is 51.8 Å². The standard InChI is InChI=1S/C10H5Br2ClN2O/c11-6-1-3-7(4-2-6)16-9-8(12)5-14-10(13)15-9/h1-5H. The van der Waals surface area contributed by atoms with Crippen molar-refractivity contribution in [2.75, 3.05) is 0 Å².